The fourth-order valence-electron chi connectivity index (χ4n) is 2.63. The third kappa shape index (κ3) is 4.74. The van der Waals surface area contributed by atoms with Gasteiger partial charge in [-0.25, -0.2) is 4.98 Å². The Labute approximate surface area is 153 Å². The summed E-state index contributed by atoms with van der Waals surface area (Å²) >= 11 is 7.84. The molecule has 0 spiro atoms. The molecule has 0 radical (unpaired) electrons. The molecule has 2 rings (SSSR count). The zero-order chi connectivity index (χ0) is 17.7. The molecule has 132 valence electrons. The number of nitrogens with one attached hydrogen (secondary N) is 1. The molecule has 5 nitrogen and oxygen atoms in total. The summed E-state index contributed by atoms with van der Waals surface area (Å²) in [4.78, 5) is 12.5. The highest BCUT2D eigenvalue weighted by atomic mass is 35.5. The maximum absolute atomic E-state index is 6.05. The zero-order valence-corrected chi connectivity index (χ0v) is 16.6. The topological polar surface area (TPSA) is 45.5 Å². The Morgan fingerprint density at radius 1 is 1.50 bits per heavy atom. The van der Waals surface area contributed by atoms with Crippen LogP contribution in [-0.4, -0.2) is 41.1 Å². The second kappa shape index (κ2) is 8.53. The second-order valence-electron chi connectivity index (χ2n) is 5.80. The minimum atomic E-state index is 0.749. The van der Waals surface area contributed by atoms with Crippen LogP contribution in [0, 0.1) is 6.92 Å². The molecule has 24 heavy (non-hydrogen) atoms. The van der Waals surface area contributed by atoms with Crippen molar-refractivity contribution in [3.63, 3.8) is 0 Å². The van der Waals surface area contributed by atoms with E-state index in [1.54, 1.807) is 18.4 Å². The number of hydrogen-bond acceptors (Lipinski definition) is 3. The first-order valence-electron chi connectivity index (χ1n) is 8.12. The lowest BCUT2D eigenvalue weighted by atomic mass is 10.3. The number of nitrogens with zero attached hydrogens (tertiary/aromatic N) is 4. The van der Waals surface area contributed by atoms with Crippen LogP contribution in [0.25, 0.3) is 0 Å². The Bertz CT molecular complexity index is 704. The number of aliphatic imine (C=N–C) groups is 1. The first-order chi connectivity index (χ1) is 11.4. The molecule has 1 N–H and O–H groups in total. The molecular formula is C17H26ClN5S. The molecule has 0 saturated heterocycles. The van der Waals surface area contributed by atoms with Crippen LogP contribution in [0.15, 0.2) is 17.3 Å². The van der Waals surface area contributed by atoms with Gasteiger partial charge in [-0.3, -0.25) is 4.99 Å². The van der Waals surface area contributed by atoms with Gasteiger partial charge >= 0.3 is 0 Å². The largest absolute Gasteiger partial charge is 0.356 e. The van der Waals surface area contributed by atoms with Gasteiger partial charge < -0.3 is 14.8 Å². The van der Waals surface area contributed by atoms with Crippen molar-refractivity contribution >= 4 is 28.9 Å². The highest BCUT2D eigenvalue weighted by Gasteiger charge is 2.10. The Kier molecular flexibility index (Phi) is 6.69. The fourth-order valence-corrected chi connectivity index (χ4v) is 3.92. The first kappa shape index (κ1) is 18.8. The number of aryl methyl sites for hydroxylation is 3. The molecule has 0 amide bonds. The van der Waals surface area contributed by atoms with Gasteiger partial charge in [0.15, 0.2) is 5.96 Å². The lowest BCUT2D eigenvalue weighted by Crippen LogP contribution is -2.39. The summed E-state index contributed by atoms with van der Waals surface area (Å²) in [5.74, 6) is 0.872. The van der Waals surface area contributed by atoms with Gasteiger partial charge in [0.25, 0.3) is 0 Å². The fraction of sp³-hybridized carbons (Fsp3) is 0.529. The highest BCUT2D eigenvalue weighted by molar-refractivity contribution is 7.11. The third-order valence-corrected chi connectivity index (χ3v) is 5.22. The Hall–Kier alpha value is -1.53. The molecule has 0 aromatic carbocycles. The van der Waals surface area contributed by atoms with Gasteiger partial charge in [-0.05, 0) is 19.4 Å². The van der Waals surface area contributed by atoms with E-state index in [2.05, 4.69) is 34.0 Å². The van der Waals surface area contributed by atoms with E-state index < -0.39 is 0 Å². The normalized spacial score (nSPS) is 11.8. The van der Waals surface area contributed by atoms with Crippen molar-refractivity contribution in [1.82, 2.24) is 19.8 Å². The standard InChI is InChI=1S/C17H26ClN5S/c1-6-15-12(2)24-16(21-15)7-8-20-17(19-3)23(5)11-14-9-13(18)10-22(14)4/h9-10H,6-8,11H2,1-5H3,(H,19,20). The lowest BCUT2D eigenvalue weighted by molar-refractivity contribution is 0.462. The van der Waals surface area contributed by atoms with Crippen molar-refractivity contribution in [1.29, 1.82) is 0 Å². The summed E-state index contributed by atoms with van der Waals surface area (Å²) in [6.07, 6.45) is 3.82. The van der Waals surface area contributed by atoms with E-state index in [0.717, 1.165) is 42.6 Å². The Morgan fingerprint density at radius 2 is 2.25 bits per heavy atom. The maximum atomic E-state index is 6.05. The predicted octanol–water partition coefficient (Wildman–Crippen LogP) is 3.26. The Balaban J connectivity index is 1.88. The van der Waals surface area contributed by atoms with Crippen molar-refractivity contribution in [2.24, 2.45) is 12.0 Å². The van der Waals surface area contributed by atoms with E-state index in [4.69, 9.17) is 11.6 Å². The van der Waals surface area contributed by atoms with Crippen LogP contribution in [0.5, 0.6) is 0 Å². The molecule has 2 aromatic heterocycles. The van der Waals surface area contributed by atoms with Gasteiger partial charge in [0.2, 0.25) is 0 Å². The summed E-state index contributed by atoms with van der Waals surface area (Å²) in [6.45, 7) is 5.86. The molecule has 0 bridgehead atoms. The minimum Gasteiger partial charge on any atom is -0.356 e. The van der Waals surface area contributed by atoms with Crippen LogP contribution >= 0.6 is 22.9 Å². The number of aromatic nitrogens is 2. The number of guanidine groups is 1. The molecule has 0 aliphatic carbocycles. The second-order valence-corrected chi connectivity index (χ2v) is 7.53. The molecule has 0 fully saturated rings. The average Bonchev–Trinajstić information content (AvgIpc) is 3.05. The number of rotatable bonds is 6. The number of thiazole rings is 1. The number of hydrogen-bond donors (Lipinski definition) is 1. The van der Waals surface area contributed by atoms with Crippen LogP contribution < -0.4 is 5.32 Å². The lowest BCUT2D eigenvalue weighted by Gasteiger charge is -2.22. The number of halogens is 1. The summed E-state index contributed by atoms with van der Waals surface area (Å²) in [5, 5.41) is 5.35. The molecule has 2 heterocycles. The van der Waals surface area contributed by atoms with E-state index >= 15 is 0 Å². The van der Waals surface area contributed by atoms with Gasteiger partial charge in [-0.2, -0.15) is 0 Å². The van der Waals surface area contributed by atoms with Gasteiger partial charge in [0.1, 0.15) is 0 Å². The average molecular weight is 368 g/mol. The van der Waals surface area contributed by atoms with Crippen molar-refractivity contribution in [3.05, 3.63) is 38.6 Å². The molecule has 0 aliphatic heterocycles. The molecule has 0 saturated carbocycles. The molecule has 7 heteroatoms. The molecule has 0 unspecified atom stereocenters. The molecular weight excluding hydrogens is 342 g/mol. The quantitative estimate of drug-likeness (QED) is 0.629. The van der Waals surface area contributed by atoms with E-state index in [-0.39, 0.29) is 0 Å². The van der Waals surface area contributed by atoms with Gasteiger partial charge in [-0.15, -0.1) is 11.3 Å². The maximum Gasteiger partial charge on any atom is 0.193 e. The first-order valence-corrected chi connectivity index (χ1v) is 9.31. The van der Waals surface area contributed by atoms with Crippen molar-refractivity contribution in [3.8, 4) is 0 Å². The van der Waals surface area contributed by atoms with Gasteiger partial charge in [-0.1, -0.05) is 18.5 Å². The van der Waals surface area contributed by atoms with Crippen molar-refractivity contribution in [2.45, 2.75) is 33.2 Å². The summed E-state index contributed by atoms with van der Waals surface area (Å²) in [5.41, 5.74) is 2.37. The van der Waals surface area contributed by atoms with Crippen LogP contribution in [0.2, 0.25) is 5.02 Å². The van der Waals surface area contributed by atoms with Crippen molar-refractivity contribution < 1.29 is 0 Å². The molecule has 0 atom stereocenters. The Morgan fingerprint density at radius 3 is 2.79 bits per heavy atom. The predicted molar refractivity (Wildman–Crippen MR) is 103 cm³/mol. The van der Waals surface area contributed by atoms with Crippen LogP contribution in [0.4, 0.5) is 0 Å². The molecule has 0 aliphatic rings. The van der Waals surface area contributed by atoms with E-state index in [0.29, 0.717) is 0 Å². The summed E-state index contributed by atoms with van der Waals surface area (Å²) in [6, 6.07) is 1.98. The van der Waals surface area contributed by atoms with Crippen LogP contribution in [0.1, 0.15) is 28.2 Å². The zero-order valence-electron chi connectivity index (χ0n) is 15.1. The van der Waals surface area contributed by atoms with Gasteiger partial charge in [0, 0.05) is 50.9 Å². The molecule has 2 aromatic rings. The highest BCUT2D eigenvalue weighted by Crippen LogP contribution is 2.18. The summed E-state index contributed by atoms with van der Waals surface area (Å²) < 4.78 is 2.04. The van der Waals surface area contributed by atoms with Crippen LogP contribution in [-0.2, 0) is 26.4 Å². The van der Waals surface area contributed by atoms with Gasteiger partial charge in [0.05, 0.1) is 22.3 Å². The SMILES string of the molecule is CCc1nc(CCNC(=NC)N(C)Cc2cc(Cl)cn2C)sc1C. The minimum absolute atomic E-state index is 0.749. The van der Waals surface area contributed by atoms with E-state index in [1.165, 1.54) is 15.6 Å². The monoisotopic (exact) mass is 367 g/mol. The van der Waals surface area contributed by atoms with Crippen molar-refractivity contribution in [2.75, 3.05) is 20.6 Å². The van der Waals surface area contributed by atoms with E-state index in [1.807, 2.05) is 30.9 Å². The summed E-state index contributed by atoms with van der Waals surface area (Å²) in [7, 11) is 5.83. The van der Waals surface area contributed by atoms with E-state index in [9.17, 15) is 0 Å². The van der Waals surface area contributed by atoms with Crippen LogP contribution in [0.3, 0.4) is 0 Å². The third-order valence-electron chi connectivity index (χ3n) is 3.94. The smallest absolute Gasteiger partial charge is 0.193 e.